The van der Waals surface area contributed by atoms with Crippen molar-refractivity contribution in [2.75, 3.05) is 6.54 Å². The molecule has 130 valence electrons. The molecule has 2 aromatic heterocycles. The third-order valence-corrected chi connectivity index (χ3v) is 4.16. The van der Waals surface area contributed by atoms with Crippen LogP contribution in [0.3, 0.4) is 0 Å². The van der Waals surface area contributed by atoms with Gasteiger partial charge in [-0.05, 0) is 35.9 Å². The predicted molar refractivity (Wildman–Crippen MR) is 98.4 cm³/mol. The molecule has 0 fully saturated rings. The highest BCUT2D eigenvalue weighted by atomic mass is 35.5. The molecule has 5 nitrogen and oxygen atoms in total. The van der Waals surface area contributed by atoms with Gasteiger partial charge in [-0.15, -0.1) is 0 Å². The normalized spacial score (nSPS) is 10.3. The number of rotatable bonds is 6. The first kappa shape index (κ1) is 17.7. The van der Waals surface area contributed by atoms with Crippen molar-refractivity contribution in [2.24, 2.45) is 0 Å². The Morgan fingerprint density at radius 3 is 2.77 bits per heavy atom. The van der Waals surface area contributed by atoms with Crippen LogP contribution in [0, 0.1) is 11.3 Å². The number of benzene rings is 1. The molecule has 26 heavy (non-hydrogen) atoms. The SMILES string of the molecule is N#CCCN(Cc1cccnc1)C(=O)c1ccc(-c2ccccc2Cl)o1. The van der Waals surface area contributed by atoms with Crippen molar-refractivity contribution in [3.05, 3.63) is 77.3 Å². The van der Waals surface area contributed by atoms with Crippen molar-refractivity contribution in [3.8, 4) is 17.4 Å². The third kappa shape index (κ3) is 4.11. The van der Waals surface area contributed by atoms with E-state index in [4.69, 9.17) is 21.3 Å². The summed E-state index contributed by atoms with van der Waals surface area (Å²) in [6.07, 6.45) is 3.61. The Labute approximate surface area is 156 Å². The first-order valence-electron chi connectivity index (χ1n) is 8.09. The fraction of sp³-hybridized carbons (Fsp3) is 0.150. The maximum atomic E-state index is 12.9. The van der Waals surface area contributed by atoms with E-state index >= 15 is 0 Å². The Bertz CT molecular complexity index is 931. The second-order valence-electron chi connectivity index (χ2n) is 5.64. The fourth-order valence-corrected chi connectivity index (χ4v) is 2.79. The molecular weight excluding hydrogens is 350 g/mol. The molecule has 6 heteroatoms. The maximum absolute atomic E-state index is 12.9. The molecule has 0 radical (unpaired) electrons. The molecule has 0 unspecified atom stereocenters. The van der Waals surface area contributed by atoms with E-state index < -0.39 is 0 Å². The molecule has 0 aliphatic rings. The molecule has 0 bridgehead atoms. The second kappa shape index (κ2) is 8.32. The molecular formula is C20H16ClN3O2. The zero-order valence-electron chi connectivity index (χ0n) is 13.9. The first-order valence-corrected chi connectivity index (χ1v) is 8.46. The average Bonchev–Trinajstić information content (AvgIpc) is 3.15. The lowest BCUT2D eigenvalue weighted by molar-refractivity contribution is 0.0715. The van der Waals surface area contributed by atoms with Crippen LogP contribution in [-0.4, -0.2) is 22.3 Å². The van der Waals surface area contributed by atoms with Gasteiger partial charge in [0, 0.05) is 31.0 Å². The Morgan fingerprint density at radius 2 is 2.04 bits per heavy atom. The molecule has 1 amide bonds. The van der Waals surface area contributed by atoms with E-state index in [1.807, 2.05) is 30.3 Å². The van der Waals surface area contributed by atoms with Crippen LogP contribution in [0.2, 0.25) is 5.02 Å². The van der Waals surface area contributed by atoms with Crippen LogP contribution in [0.5, 0.6) is 0 Å². The van der Waals surface area contributed by atoms with Crippen LogP contribution in [-0.2, 0) is 6.54 Å². The van der Waals surface area contributed by atoms with Gasteiger partial charge in [0.1, 0.15) is 5.76 Å². The lowest BCUT2D eigenvalue weighted by atomic mass is 10.2. The van der Waals surface area contributed by atoms with Crippen molar-refractivity contribution < 1.29 is 9.21 Å². The van der Waals surface area contributed by atoms with Gasteiger partial charge in [-0.1, -0.05) is 29.8 Å². The number of aromatic nitrogens is 1. The quantitative estimate of drug-likeness (QED) is 0.642. The van der Waals surface area contributed by atoms with Gasteiger partial charge < -0.3 is 9.32 Å². The van der Waals surface area contributed by atoms with Crippen LogP contribution in [0.15, 0.2) is 65.3 Å². The molecule has 2 heterocycles. The van der Waals surface area contributed by atoms with Crippen LogP contribution in [0.25, 0.3) is 11.3 Å². The minimum Gasteiger partial charge on any atom is -0.451 e. The standard InChI is InChI=1S/C20H16ClN3O2/c21-17-7-2-1-6-16(17)18-8-9-19(26-18)20(25)24(12-4-10-22)14-15-5-3-11-23-13-15/h1-3,5-9,11,13H,4,12,14H2. The van der Waals surface area contributed by atoms with Crippen LogP contribution in [0.1, 0.15) is 22.5 Å². The number of halogens is 1. The second-order valence-corrected chi connectivity index (χ2v) is 6.05. The summed E-state index contributed by atoms with van der Waals surface area (Å²) in [5, 5.41) is 9.43. The van der Waals surface area contributed by atoms with Crippen LogP contribution in [0.4, 0.5) is 0 Å². The Kier molecular flexibility index (Phi) is 5.67. The Morgan fingerprint density at radius 1 is 1.19 bits per heavy atom. The lowest BCUT2D eigenvalue weighted by Gasteiger charge is -2.20. The van der Waals surface area contributed by atoms with E-state index in [0.29, 0.717) is 23.9 Å². The van der Waals surface area contributed by atoms with Crippen molar-refractivity contribution in [2.45, 2.75) is 13.0 Å². The summed E-state index contributed by atoms with van der Waals surface area (Å²) in [4.78, 5) is 18.5. The number of carbonyl (C=O) groups excluding carboxylic acids is 1. The summed E-state index contributed by atoms with van der Waals surface area (Å²) in [5.41, 5.74) is 1.61. The van der Waals surface area contributed by atoms with Gasteiger partial charge in [0.2, 0.25) is 0 Å². The fourth-order valence-electron chi connectivity index (χ4n) is 2.56. The largest absolute Gasteiger partial charge is 0.451 e. The number of carbonyl (C=O) groups is 1. The average molecular weight is 366 g/mol. The monoisotopic (exact) mass is 365 g/mol. The van der Waals surface area contributed by atoms with Gasteiger partial charge in [0.05, 0.1) is 17.5 Å². The van der Waals surface area contributed by atoms with E-state index in [1.54, 1.807) is 35.5 Å². The molecule has 3 rings (SSSR count). The number of hydrogen-bond donors (Lipinski definition) is 0. The Hall–Kier alpha value is -3.10. The van der Waals surface area contributed by atoms with Gasteiger partial charge >= 0.3 is 0 Å². The van der Waals surface area contributed by atoms with Crippen LogP contribution < -0.4 is 0 Å². The molecule has 0 spiro atoms. The third-order valence-electron chi connectivity index (χ3n) is 3.83. The van der Waals surface area contributed by atoms with Gasteiger partial charge in [-0.2, -0.15) is 5.26 Å². The highest BCUT2D eigenvalue weighted by molar-refractivity contribution is 6.33. The van der Waals surface area contributed by atoms with Crippen LogP contribution >= 0.6 is 11.6 Å². The number of nitriles is 1. The van der Waals surface area contributed by atoms with Crippen molar-refractivity contribution >= 4 is 17.5 Å². The van der Waals surface area contributed by atoms with Gasteiger partial charge in [0.15, 0.2) is 5.76 Å². The van der Waals surface area contributed by atoms with Gasteiger partial charge in [0.25, 0.3) is 5.91 Å². The minimum atomic E-state index is -0.276. The Balaban J connectivity index is 1.83. The number of pyridine rings is 1. The summed E-state index contributed by atoms with van der Waals surface area (Å²) in [6.45, 7) is 0.669. The van der Waals surface area contributed by atoms with E-state index in [-0.39, 0.29) is 18.1 Å². The van der Waals surface area contributed by atoms with Crippen molar-refractivity contribution in [1.29, 1.82) is 5.26 Å². The molecule has 0 aliphatic carbocycles. The zero-order valence-corrected chi connectivity index (χ0v) is 14.7. The van der Waals surface area contributed by atoms with Crippen molar-refractivity contribution in [1.82, 2.24) is 9.88 Å². The number of furan rings is 1. The summed E-state index contributed by atoms with van der Waals surface area (Å²) in [7, 11) is 0. The summed E-state index contributed by atoms with van der Waals surface area (Å²) < 4.78 is 5.74. The maximum Gasteiger partial charge on any atom is 0.289 e. The molecule has 0 saturated carbocycles. The van der Waals surface area contributed by atoms with Gasteiger partial charge in [-0.3, -0.25) is 9.78 Å². The molecule has 0 atom stereocenters. The molecule has 0 N–H and O–H groups in total. The number of nitrogens with zero attached hydrogens (tertiary/aromatic N) is 3. The highest BCUT2D eigenvalue weighted by Gasteiger charge is 2.20. The molecule has 1 aromatic carbocycles. The summed E-state index contributed by atoms with van der Waals surface area (Å²) in [5.74, 6) is 0.463. The topological polar surface area (TPSA) is 70.1 Å². The number of hydrogen-bond acceptors (Lipinski definition) is 4. The smallest absolute Gasteiger partial charge is 0.289 e. The van der Waals surface area contributed by atoms with Crippen molar-refractivity contribution in [3.63, 3.8) is 0 Å². The molecule has 0 saturated heterocycles. The number of amides is 1. The first-order chi connectivity index (χ1) is 12.7. The van der Waals surface area contributed by atoms with E-state index in [9.17, 15) is 4.79 Å². The molecule has 0 aliphatic heterocycles. The van der Waals surface area contributed by atoms with E-state index in [1.165, 1.54) is 0 Å². The highest BCUT2D eigenvalue weighted by Crippen LogP contribution is 2.29. The summed E-state index contributed by atoms with van der Waals surface area (Å²) in [6, 6.07) is 16.4. The lowest BCUT2D eigenvalue weighted by Crippen LogP contribution is -2.31. The summed E-state index contributed by atoms with van der Waals surface area (Å²) >= 11 is 6.19. The predicted octanol–water partition coefficient (Wildman–Crippen LogP) is 4.55. The van der Waals surface area contributed by atoms with Gasteiger partial charge in [-0.25, -0.2) is 0 Å². The van der Waals surface area contributed by atoms with E-state index in [0.717, 1.165) is 11.1 Å². The zero-order chi connectivity index (χ0) is 18.4. The molecule has 3 aromatic rings. The minimum absolute atomic E-state index is 0.210. The van der Waals surface area contributed by atoms with E-state index in [2.05, 4.69) is 11.1 Å².